The lowest BCUT2D eigenvalue weighted by atomic mass is 10.1. The van der Waals surface area contributed by atoms with E-state index in [1.165, 1.54) is 60.3 Å². The summed E-state index contributed by atoms with van der Waals surface area (Å²) in [4.78, 5) is 4.35. The zero-order valence-corrected chi connectivity index (χ0v) is 29.2. The van der Waals surface area contributed by atoms with E-state index in [2.05, 4.69) is 130 Å². The van der Waals surface area contributed by atoms with Crippen molar-refractivity contribution in [2.24, 2.45) is 0 Å². The van der Waals surface area contributed by atoms with Gasteiger partial charge in [0.15, 0.2) is 0 Å². The highest BCUT2D eigenvalue weighted by Crippen LogP contribution is 2.31. The van der Waals surface area contributed by atoms with E-state index in [9.17, 15) is 0 Å². The van der Waals surface area contributed by atoms with E-state index in [1.54, 1.807) is 7.11 Å². The highest BCUT2D eigenvalue weighted by Gasteiger charge is 2.11. The third kappa shape index (κ3) is 6.86. The number of ether oxygens (including phenoxy) is 1. The molecule has 6 heteroatoms. The molecule has 0 aliphatic heterocycles. The fourth-order valence-electron chi connectivity index (χ4n) is 7.13. The first-order chi connectivity index (χ1) is 24.7. The van der Waals surface area contributed by atoms with Crippen molar-refractivity contribution < 1.29 is 4.74 Å². The van der Waals surface area contributed by atoms with Gasteiger partial charge in [-0.05, 0) is 79.6 Å². The lowest BCUT2D eigenvalue weighted by Gasteiger charge is -2.10. The van der Waals surface area contributed by atoms with E-state index in [-0.39, 0.29) is 0 Å². The third-order valence-electron chi connectivity index (χ3n) is 9.50. The van der Waals surface area contributed by atoms with Gasteiger partial charge in [0.2, 0.25) is 0 Å². The smallest absolute Gasteiger partial charge is 0.123 e. The maximum atomic E-state index is 5.43. The first kappa shape index (κ1) is 33.1. The van der Waals surface area contributed by atoms with Gasteiger partial charge in [0.25, 0.3) is 0 Å². The van der Waals surface area contributed by atoms with Crippen molar-refractivity contribution in [3.05, 3.63) is 156 Å². The molecule has 0 amide bonds. The Kier molecular flexibility index (Phi) is 10.2. The molecule has 0 bridgehead atoms. The fourth-order valence-corrected chi connectivity index (χ4v) is 7.13. The van der Waals surface area contributed by atoms with Crippen LogP contribution in [0.4, 0.5) is 0 Å². The molecule has 3 aromatic heterocycles. The molecule has 50 heavy (non-hydrogen) atoms. The Morgan fingerprint density at radius 2 is 1.04 bits per heavy atom. The fraction of sp³-hybridized carbons (Fsp3) is 0.205. The van der Waals surface area contributed by atoms with Gasteiger partial charge in [0.1, 0.15) is 5.75 Å². The largest absolute Gasteiger partial charge is 0.496 e. The third-order valence-corrected chi connectivity index (χ3v) is 9.50. The van der Waals surface area contributed by atoms with Gasteiger partial charge in [0.05, 0.1) is 12.8 Å². The Bertz CT molecular complexity index is 2350. The maximum Gasteiger partial charge on any atom is 0.123 e. The van der Waals surface area contributed by atoms with Crippen molar-refractivity contribution in [2.75, 3.05) is 7.11 Å². The zero-order chi connectivity index (χ0) is 34.3. The van der Waals surface area contributed by atoms with Crippen LogP contribution in [0.15, 0.2) is 134 Å². The normalized spacial score (nSPS) is 11.3. The van der Waals surface area contributed by atoms with Gasteiger partial charge in [-0.25, -0.2) is 0 Å². The monoisotopic (exact) mass is 659 g/mol. The summed E-state index contributed by atoms with van der Waals surface area (Å²) >= 11 is 0. The van der Waals surface area contributed by atoms with Crippen molar-refractivity contribution in [1.29, 1.82) is 0 Å². The van der Waals surface area contributed by atoms with Crippen LogP contribution in [0.5, 0.6) is 5.75 Å². The van der Waals surface area contributed by atoms with Gasteiger partial charge in [-0.2, -0.15) is 0 Å². The first-order valence-corrected chi connectivity index (χ1v) is 17.6. The number of methoxy groups -OCH3 is 1. The summed E-state index contributed by atoms with van der Waals surface area (Å²) in [6, 6.07) is 45.1. The van der Waals surface area contributed by atoms with Gasteiger partial charge >= 0.3 is 0 Å². The van der Waals surface area contributed by atoms with Gasteiger partial charge in [-0.1, -0.05) is 72.8 Å². The quantitative estimate of drug-likeness (QED) is 0.145. The molecule has 0 aliphatic rings. The summed E-state index contributed by atoms with van der Waals surface area (Å²) in [7, 11) is 1.72. The molecule has 0 fully saturated rings. The number of fused-ring (bicyclic) bond motifs is 6. The number of nitrogens with one attached hydrogen (secondary N) is 2. The van der Waals surface area contributed by atoms with Crippen molar-refractivity contribution in [3.63, 3.8) is 0 Å². The number of aryl methyl sites for hydroxylation is 2. The zero-order valence-electron chi connectivity index (χ0n) is 29.2. The number of hydrogen-bond acceptors (Lipinski definition) is 4. The highest BCUT2D eigenvalue weighted by molar-refractivity contribution is 6.09. The van der Waals surface area contributed by atoms with Crippen LogP contribution in [0, 0.1) is 0 Å². The molecule has 0 spiro atoms. The Morgan fingerprint density at radius 1 is 0.520 bits per heavy atom. The molecule has 6 nitrogen and oxygen atoms in total. The molecule has 8 rings (SSSR count). The lowest BCUT2D eigenvalue weighted by Crippen LogP contribution is -2.13. The summed E-state index contributed by atoms with van der Waals surface area (Å²) in [5, 5.41) is 12.4. The van der Waals surface area contributed by atoms with Crippen molar-refractivity contribution >= 4 is 43.6 Å². The summed E-state index contributed by atoms with van der Waals surface area (Å²) in [5.74, 6) is 0.932. The van der Waals surface area contributed by atoms with Gasteiger partial charge in [-0.15, -0.1) is 0 Å². The molecule has 0 radical (unpaired) electrons. The van der Waals surface area contributed by atoms with Crippen LogP contribution in [0.1, 0.15) is 36.2 Å². The molecule has 0 unspecified atom stereocenters. The van der Waals surface area contributed by atoms with Crippen LogP contribution >= 0.6 is 0 Å². The average Bonchev–Trinajstić information content (AvgIpc) is 3.67. The number of rotatable bonds is 11. The minimum atomic E-state index is 0.787. The molecule has 0 saturated heterocycles. The molecule has 0 aliphatic carbocycles. The predicted octanol–water partition coefficient (Wildman–Crippen LogP) is 9.61. The van der Waals surface area contributed by atoms with E-state index in [4.69, 9.17) is 4.74 Å². The van der Waals surface area contributed by atoms with Crippen molar-refractivity contribution in [2.45, 2.75) is 53.1 Å². The van der Waals surface area contributed by atoms with Crippen LogP contribution < -0.4 is 15.4 Å². The summed E-state index contributed by atoms with van der Waals surface area (Å²) in [6.07, 6.45) is 1.84. The summed E-state index contributed by atoms with van der Waals surface area (Å²) in [5.41, 5.74) is 10.1. The molecule has 2 N–H and O–H groups in total. The maximum absolute atomic E-state index is 5.43. The standard InChI is InChI=1S/C23H24N2O.C21H21N3/c1-3-25-21-10-6-5-9-19(21)20-14-17(12-13-22(20)25)15-24-16-18-8-4-7-11-23(18)26-2;1-2-24-20-9-4-3-8-18(20)19-13-16(10-11-21(19)24)14-22-15-17-7-5-6-12-23-17/h4-14,24H,3,15-16H2,1-2H3;3-13,22H,2,14-15H2,1H3. The lowest BCUT2D eigenvalue weighted by molar-refractivity contribution is 0.407. The number of pyridine rings is 1. The van der Waals surface area contributed by atoms with Crippen LogP contribution in [0.25, 0.3) is 43.6 Å². The Morgan fingerprint density at radius 3 is 1.60 bits per heavy atom. The molecule has 5 aromatic carbocycles. The Hall–Kier alpha value is -5.43. The molecule has 8 aromatic rings. The van der Waals surface area contributed by atoms with E-state index in [0.29, 0.717) is 0 Å². The minimum absolute atomic E-state index is 0.787. The number of aromatic nitrogens is 3. The van der Waals surface area contributed by atoms with Gasteiger partial charge in [-0.3, -0.25) is 4.98 Å². The van der Waals surface area contributed by atoms with Crippen LogP contribution in [0.2, 0.25) is 0 Å². The van der Waals surface area contributed by atoms with Crippen LogP contribution in [0.3, 0.4) is 0 Å². The van der Waals surface area contributed by atoms with Crippen molar-refractivity contribution in [3.8, 4) is 5.75 Å². The van der Waals surface area contributed by atoms with Gasteiger partial charge < -0.3 is 24.5 Å². The summed E-state index contributed by atoms with van der Waals surface area (Å²) in [6.45, 7) is 9.63. The van der Waals surface area contributed by atoms with Gasteiger partial charge in [0, 0.05) is 94.6 Å². The second kappa shape index (κ2) is 15.4. The Balaban J connectivity index is 0.000000157. The highest BCUT2D eigenvalue weighted by atomic mass is 16.5. The van der Waals surface area contributed by atoms with Crippen LogP contribution in [-0.4, -0.2) is 21.2 Å². The second-order valence-electron chi connectivity index (χ2n) is 12.6. The number of hydrogen-bond donors (Lipinski definition) is 2. The van der Waals surface area contributed by atoms with Crippen LogP contribution in [-0.2, 0) is 39.3 Å². The summed E-state index contributed by atoms with van der Waals surface area (Å²) < 4.78 is 10.2. The van der Waals surface area contributed by atoms with E-state index in [0.717, 1.165) is 50.7 Å². The molecule has 0 saturated carbocycles. The number of benzene rings is 5. The molecular formula is C44H45N5O. The molecular weight excluding hydrogens is 615 g/mol. The predicted molar refractivity (Wildman–Crippen MR) is 209 cm³/mol. The number of nitrogens with zero attached hydrogens (tertiary/aromatic N) is 3. The molecule has 0 atom stereocenters. The SMILES string of the molecule is CCn1c2ccccc2c2cc(CNCc3ccccc3OC)ccc21.CCn1c2ccccc2c2cc(CNCc3ccccn3)ccc21. The topological polar surface area (TPSA) is 56.0 Å². The minimum Gasteiger partial charge on any atom is -0.496 e. The molecule has 3 heterocycles. The Labute approximate surface area is 294 Å². The number of para-hydroxylation sites is 3. The molecule has 252 valence electrons. The van der Waals surface area contributed by atoms with E-state index < -0.39 is 0 Å². The second-order valence-corrected chi connectivity index (χ2v) is 12.6. The first-order valence-electron chi connectivity index (χ1n) is 17.6. The van der Waals surface area contributed by atoms with Crippen molar-refractivity contribution in [1.82, 2.24) is 24.8 Å². The average molecular weight is 660 g/mol. The van der Waals surface area contributed by atoms with E-state index in [1.807, 2.05) is 42.6 Å². The van der Waals surface area contributed by atoms with E-state index >= 15 is 0 Å².